The van der Waals surface area contributed by atoms with E-state index in [1.165, 1.54) is 12.1 Å². The summed E-state index contributed by atoms with van der Waals surface area (Å²) in [6, 6.07) is 3.56. The quantitative estimate of drug-likeness (QED) is 0.467. The SMILES string of the molecule is CCc1ccc(C2N=C(NC#N)Nc3nc(N)c(C#N)c(N)c32)c(F)c1F. The predicted molar refractivity (Wildman–Crippen MR) is 95.2 cm³/mol. The summed E-state index contributed by atoms with van der Waals surface area (Å²) in [6.07, 6.45) is 2.00. The molecule has 6 N–H and O–H groups in total. The Morgan fingerprint density at radius 3 is 2.63 bits per heavy atom. The zero-order valence-corrected chi connectivity index (χ0v) is 14.1. The number of nitrogens with two attached hydrogens (primary N) is 2. The molecule has 0 fully saturated rings. The van der Waals surface area contributed by atoms with E-state index in [2.05, 4.69) is 20.6 Å². The zero-order valence-electron chi connectivity index (χ0n) is 14.1. The fourth-order valence-electron chi connectivity index (χ4n) is 2.89. The van der Waals surface area contributed by atoms with Gasteiger partial charge in [-0.15, -0.1) is 0 Å². The van der Waals surface area contributed by atoms with Crippen LogP contribution in [0, 0.1) is 34.4 Å². The van der Waals surface area contributed by atoms with Crippen LogP contribution in [0.3, 0.4) is 0 Å². The van der Waals surface area contributed by atoms with Crippen LogP contribution in [-0.2, 0) is 6.42 Å². The number of nitrogens with one attached hydrogen (secondary N) is 2. The van der Waals surface area contributed by atoms with E-state index < -0.39 is 17.7 Å². The first-order valence-electron chi connectivity index (χ1n) is 7.88. The second kappa shape index (κ2) is 6.77. The van der Waals surface area contributed by atoms with Crippen molar-refractivity contribution in [2.45, 2.75) is 19.4 Å². The van der Waals surface area contributed by atoms with Crippen molar-refractivity contribution in [2.75, 3.05) is 16.8 Å². The average Bonchev–Trinajstić information content (AvgIpc) is 2.63. The third-order valence-electron chi connectivity index (χ3n) is 4.23. The highest BCUT2D eigenvalue weighted by atomic mass is 19.2. The van der Waals surface area contributed by atoms with Crippen molar-refractivity contribution < 1.29 is 8.78 Å². The van der Waals surface area contributed by atoms with Crippen molar-refractivity contribution in [3.8, 4) is 12.3 Å². The Kier molecular flexibility index (Phi) is 4.48. The van der Waals surface area contributed by atoms with Crippen LogP contribution in [0.5, 0.6) is 0 Å². The molecule has 1 aromatic heterocycles. The molecule has 1 aromatic carbocycles. The van der Waals surface area contributed by atoms with Crippen LogP contribution in [0.4, 0.5) is 26.1 Å². The van der Waals surface area contributed by atoms with Gasteiger partial charge in [-0.25, -0.2) is 18.8 Å². The second-order valence-electron chi connectivity index (χ2n) is 5.70. The Morgan fingerprint density at radius 1 is 1.26 bits per heavy atom. The normalized spacial score (nSPS) is 15.0. The standard InChI is InChI=1S/C17H14F2N8/c1-2-7-3-4-8(12(19)11(7)18)14-10-13(22)9(5-20)15(23)26-16(10)27-17(25-14)24-6-21/h3-4,14H,2H2,1H3,(H6,22,23,24,25,26,27). The third-order valence-corrected chi connectivity index (χ3v) is 4.23. The summed E-state index contributed by atoms with van der Waals surface area (Å²) in [5.41, 5.74) is 11.9. The number of aliphatic imine (C=N–C) groups is 1. The molecule has 27 heavy (non-hydrogen) atoms. The number of halogens is 2. The van der Waals surface area contributed by atoms with Crippen molar-refractivity contribution in [1.29, 1.82) is 10.5 Å². The first-order valence-corrected chi connectivity index (χ1v) is 7.88. The Bertz CT molecular complexity index is 1050. The van der Waals surface area contributed by atoms with Crippen molar-refractivity contribution in [2.24, 2.45) is 4.99 Å². The van der Waals surface area contributed by atoms with Crippen LogP contribution in [0.2, 0.25) is 0 Å². The first kappa shape index (κ1) is 17.9. The van der Waals surface area contributed by atoms with Gasteiger partial charge in [0.1, 0.15) is 29.3 Å². The number of nitrogens with zero attached hydrogens (tertiary/aromatic N) is 4. The summed E-state index contributed by atoms with van der Waals surface area (Å²) in [5, 5.41) is 23.1. The molecule has 0 aliphatic carbocycles. The fraction of sp³-hybridized carbons (Fsp3) is 0.176. The van der Waals surface area contributed by atoms with Gasteiger partial charge in [-0.1, -0.05) is 19.1 Å². The summed E-state index contributed by atoms with van der Waals surface area (Å²) in [6.45, 7) is 1.70. The summed E-state index contributed by atoms with van der Waals surface area (Å²) in [7, 11) is 0. The van der Waals surface area contributed by atoms with E-state index in [0.717, 1.165) is 0 Å². The molecule has 1 unspecified atom stereocenters. The second-order valence-corrected chi connectivity index (χ2v) is 5.70. The van der Waals surface area contributed by atoms with Crippen molar-refractivity contribution in [3.05, 3.63) is 46.0 Å². The van der Waals surface area contributed by atoms with Crippen LogP contribution >= 0.6 is 0 Å². The highest BCUT2D eigenvalue weighted by Crippen LogP contribution is 2.41. The zero-order chi connectivity index (χ0) is 19.7. The van der Waals surface area contributed by atoms with Crippen molar-refractivity contribution in [1.82, 2.24) is 10.3 Å². The number of benzene rings is 1. The van der Waals surface area contributed by atoms with Gasteiger partial charge in [0.2, 0.25) is 5.96 Å². The largest absolute Gasteiger partial charge is 0.397 e. The Morgan fingerprint density at radius 2 is 2.00 bits per heavy atom. The van der Waals surface area contributed by atoms with Gasteiger partial charge in [0.05, 0.1) is 5.69 Å². The van der Waals surface area contributed by atoms with Gasteiger partial charge in [0, 0.05) is 11.1 Å². The molecule has 0 saturated carbocycles. The highest BCUT2D eigenvalue weighted by molar-refractivity contribution is 5.98. The van der Waals surface area contributed by atoms with E-state index >= 15 is 0 Å². The molecule has 0 saturated heterocycles. The van der Waals surface area contributed by atoms with Crippen LogP contribution in [-0.4, -0.2) is 10.9 Å². The van der Waals surface area contributed by atoms with Crippen molar-refractivity contribution in [3.63, 3.8) is 0 Å². The molecule has 3 rings (SSSR count). The minimum Gasteiger partial charge on any atom is -0.397 e. The van der Waals surface area contributed by atoms with Gasteiger partial charge in [-0.2, -0.15) is 10.5 Å². The lowest BCUT2D eigenvalue weighted by molar-refractivity contribution is 0.486. The molecule has 10 heteroatoms. The molecule has 0 spiro atoms. The monoisotopic (exact) mass is 368 g/mol. The summed E-state index contributed by atoms with van der Waals surface area (Å²) >= 11 is 0. The van der Waals surface area contributed by atoms with Gasteiger partial charge in [0.15, 0.2) is 17.8 Å². The average molecular weight is 368 g/mol. The number of aryl methyl sites for hydroxylation is 1. The molecule has 8 nitrogen and oxygen atoms in total. The van der Waals surface area contributed by atoms with E-state index in [9.17, 15) is 14.0 Å². The molecule has 1 atom stereocenters. The number of rotatable bonds is 2. The first-order chi connectivity index (χ1) is 12.9. The van der Waals surface area contributed by atoms with E-state index in [1.807, 2.05) is 6.07 Å². The van der Waals surface area contributed by atoms with Crippen LogP contribution in [0.1, 0.15) is 35.2 Å². The maximum Gasteiger partial charge on any atom is 0.211 e. The lowest BCUT2D eigenvalue weighted by Crippen LogP contribution is -2.33. The Hall–Kier alpha value is -3.92. The Balaban J connectivity index is 2.29. The molecule has 1 aliphatic heterocycles. The van der Waals surface area contributed by atoms with Gasteiger partial charge in [-0.3, -0.25) is 5.32 Å². The van der Waals surface area contributed by atoms with Crippen LogP contribution in [0.25, 0.3) is 0 Å². The van der Waals surface area contributed by atoms with Crippen LogP contribution in [0.15, 0.2) is 17.1 Å². The van der Waals surface area contributed by atoms with Crippen molar-refractivity contribution >= 4 is 23.3 Å². The number of guanidine groups is 1. The predicted octanol–water partition coefficient (Wildman–Crippen LogP) is 1.90. The smallest absolute Gasteiger partial charge is 0.211 e. The minimum absolute atomic E-state index is 0.0367. The van der Waals surface area contributed by atoms with Gasteiger partial charge in [-0.05, 0) is 12.0 Å². The number of anilines is 3. The number of fused-ring (bicyclic) bond motifs is 1. The van der Waals surface area contributed by atoms with E-state index in [-0.39, 0.29) is 45.5 Å². The van der Waals surface area contributed by atoms with Gasteiger partial charge < -0.3 is 16.8 Å². The number of nitrogen functional groups attached to an aromatic ring is 2. The molecule has 1 aliphatic rings. The molecule has 0 radical (unpaired) electrons. The number of hydrogen-bond donors (Lipinski definition) is 4. The molecule has 2 aromatic rings. The summed E-state index contributed by atoms with van der Waals surface area (Å²) < 4.78 is 29.1. The lowest BCUT2D eigenvalue weighted by Gasteiger charge is -2.26. The topological polar surface area (TPSA) is 149 Å². The van der Waals surface area contributed by atoms with E-state index in [0.29, 0.717) is 6.42 Å². The number of aromatic nitrogens is 1. The molecule has 2 heterocycles. The molecule has 136 valence electrons. The summed E-state index contributed by atoms with van der Waals surface area (Å²) in [4.78, 5) is 8.26. The van der Waals surface area contributed by atoms with Crippen LogP contribution < -0.4 is 22.1 Å². The third kappa shape index (κ3) is 2.83. The highest BCUT2D eigenvalue weighted by Gasteiger charge is 2.32. The maximum atomic E-state index is 14.7. The fourth-order valence-corrected chi connectivity index (χ4v) is 2.89. The van der Waals surface area contributed by atoms with E-state index in [4.69, 9.17) is 16.7 Å². The minimum atomic E-state index is -1.13. The van der Waals surface area contributed by atoms with Gasteiger partial charge >= 0.3 is 0 Å². The van der Waals surface area contributed by atoms with E-state index in [1.54, 1.807) is 13.1 Å². The maximum absolute atomic E-state index is 14.7. The molecular formula is C17H14F2N8. The molecular weight excluding hydrogens is 354 g/mol. The lowest BCUT2D eigenvalue weighted by atomic mass is 9.93. The number of hydrogen-bond acceptors (Lipinski definition) is 8. The molecule has 0 amide bonds. The van der Waals surface area contributed by atoms with Gasteiger partial charge in [0.25, 0.3) is 0 Å². The number of pyridine rings is 1. The number of nitriles is 2. The molecule has 0 bridgehead atoms. The Labute approximate surface area is 153 Å². The summed E-state index contributed by atoms with van der Waals surface area (Å²) in [5.74, 6) is -2.14.